The summed E-state index contributed by atoms with van der Waals surface area (Å²) in [6.07, 6.45) is 7.10. The molecule has 3 heterocycles. The number of rotatable bonds is 3. The van der Waals surface area contributed by atoms with Crippen LogP contribution in [0.4, 0.5) is 0 Å². The molecule has 1 aliphatic rings. The normalized spacial score (nSPS) is 14.5. The number of benzene rings is 1. The molecule has 2 aromatic heterocycles. The van der Waals surface area contributed by atoms with Crippen molar-refractivity contribution in [3.05, 3.63) is 77.3 Å². The Bertz CT molecular complexity index is 858. The Morgan fingerprint density at radius 1 is 1.12 bits per heavy atom. The second kappa shape index (κ2) is 6.09. The molecule has 120 valence electrons. The zero-order chi connectivity index (χ0) is 16.5. The molecular weight excluding hydrogens is 324 g/mol. The van der Waals surface area contributed by atoms with E-state index in [1.807, 2.05) is 35.4 Å². The van der Waals surface area contributed by atoms with E-state index in [1.165, 1.54) is 5.56 Å². The van der Waals surface area contributed by atoms with Crippen LogP contribution in [0.3, 0.4) is 0 Å². The topological polar surface area (TPSA) is 51.0 Å². The molecule has 1 aliphatic heterocycles. The van der Waals surface area contributed by atoms with E-state index >= 15 is 0 Å². The predicted octanol–water partition coefficient (Wildman–Crippen LogP) is 3.16. The smallest absolute Gasteiger partial charge is 0.255 e. The van der Waals surface area contributed by atoms with Gasteiger partial charge in [-0.1, -0.05) is 11.6 Å². The van der Waals surface area contributed by atoms with E-state index in [0.717, 1.165) is 5.69 Å². The van der Waals surface area contributed by atoms with Gasteiger partial charge in [0.05, 0.1) is 16.3 Å². The maximum Gasteiger partial charge on any atom is 0.255 e. The summed E-state index contributed by atoms with van der Waals surface area (Å²) >= 11 is 6.25. The fourth-order valence-electron chi connectivity index (χ4n) is 2.90. The Hall–Kier alpha value is -2.66. The number of hydrogen-bond acceptors (Lipinski definition) is 3. The number of halogens is 1. The van der Waals surface area contributed by atoms with E-state index < -0.39 is 0 Å². The Labute approximate surface area is 144 Å². The molecule has 0 saturated carbocycles. The molecule has 0 unspecified atom stereocenters. The maximum absolute atomic E-state index is 12.7. The minimum atomic E-state index is -0.0423. The van der Waals surface area contributed by atoms with Gasteiger partial charge in [-0.15, -0.1) is 0 Å². The maximum atomic E-state index is 12.7. The number of aromatic nitrogens is 3. The number of carbonyl (C=O) groups excluding carboxylic acids is 1. The van der Waals surface area contributed by atoms with Crippen molar-refractivity contribution in [1.82, 2.24) is 19.7 Å². The van der Waals surface area contributed by atoms with Gasteiger partial charge in [0.25, 0.3) is 5.91 Å². The molecular formula is C18H15ClN4O. The van der Waals surface area contributed by atoms with Gasteiger partial charge in [-0.25, -0.2) is 4.68 Å². The van der Waals surface area contributed by atoms with Crippen molar-refractivity contribution in [2.24, 2.45) is 0 Å². The first kappa shape index (κ1) is 14.9. The third-order valence-electron chi connectivity index (χ3n) is 4.30. The average Bonchev–Trinajstić information content (AvgIpc) is 3.09. The van der Waals surface area contributed by atoms with Crippen LogP contribution < -0.4 is 0 Å². The molecule has 4 rings (SSSR count). The summed E-state index contributed by atoms with van der Waals surface area (Å²) in [7, 11) is 0. The summed E-state index contributed by atoms with van der Waals surface area (Å²) in [5.74, 6) is 0.323. The molecule has 1 aromatic carbocycles. The standard InChI is InChI=1S/C18H15ClN4O/c19-17-3-2-15(23-9-1-6-21-23)10-16(17)18(24)22-11-14(12-22)13-4-7-20-8-5-13/h1-10,14H,11-12H2. The number of pyridine rings is 1. The van der Waals surface area contributed by atoms with Crippen LogP contribution in [-0.4, -0.2) is 38.7 Å². The van der Waals surface area contributed by atoms with Gasteiger partial charge in [0, 0.05) is 43.8 Å². The summed E-state index contributed by atoms with van der Waals surface area (Å²) in [4.78, 5) is 18.6. The summed E-state index contributed by atoms with van der Waals surface area (Å²) in [6, 6.07) is 11.2. The van der Waals surface area contributed by atoms with Crippen molar-refractivity contribution in [2.45, 2.75) is 5.92 Å². The van der Waals surface area contributed by atoms with E-state index in [4.69, 9.17) is 11.6 Å². The molecule has 0 bridgehead atoms. The first-order valence-electron chi connectivity index (χ1n) is 7.71. The molecule has 0 atom stereocenters. The van der Waals surface area contributed by atoms with Crippen LogP contribution in [0.15, 0.2) is 61.2 Å². The lowest BCUT2D eigenvalue weighted by molar-refractivity contribution is 0.0602. The Kier molecular flexibility index (Phi) is 3.78. The molecule has 1 saturated heterocycles. The van der Waals surface area contributed by atoms with E-state index in [9.17, 15) is 4.79 Å². The monoisotopic (exact) mass is 338 g/mol. The van der Waals surface area contributed by atoms with E-state index in [1.54, 1.807) is 35.4 Å². The van der Waals surface area contributed by atoms with Crippen LogP contribution >= 0.6 is 11.6 Å². The lowest BCUT2D eigenvalue weighted by atomic mass is 9.91. The Morgan fingerprint density at radius 3 is 2.62 bits per heavy atom. The minimum absolute atomic E-state index is 0.0423. The summed E-state index contributed by atoms with van der Waals surface area (Å²) in [5.41, 5.74) is 2.54. The average molecular weight is 339 g/mol. The summed E-state index contributed by atoms with van der Waals surface area (Å²) < 4.78 is 1.71. The molecule has 0 radical (unpaired) electrons. The molecule has 1 fully saturated rings. The van der Waals surface area contributed by atoms with Crippen molar-refractivity contribution in [3.8, 4) is 5.69 Å². The van der Waals surface area contributed by atoms with Crippen molar-refractivity contribution in [1.29, 1.82) is 0 Å². The van der Waals surface area contributed by atoms with Gasteiger partial charge in [0.15, 0.2) is 0 Å². The van der Waals surface area contributed by atoms with Gasteiger partial charge in [-0.2, -0.15) is 5.10 Å². The van der Waals surface area contributed by atoms with E-state index in [0.29, 0.717) is 29.6 Å². The molecule has 1 amide bonds. The number of amides is 1. The molecule has 0 spiro atoms. The van der Waals surface area contributed by atoms with Gasteiger partial charge in [0.1, 0.15) is 0 Å². The largest absolute Gasteiger partial charge is 0.337 e. The molecule has 0 aliphatic carbocycles. The van der Waals surface area contributed by atoms with Gasteiger partial charge in [-0.3, -0.25) is 9.78 Å². The van der Waals surface area contributed by atoms with Crippen LogP contribution in [0.1, 0.15) is 21.8 Å². The summed E-state index contributed by atoms with van der Waals surface area (Å²) in [5, 5.41) is 4.65. The SMILES string of the molecule is O=C(c1cc(-n2cccn2)ccc1Cl)N1CC(c2ccncc2)C1. The molecule has 0 N–H and O–H groups in total. The zero-order valence-corrected chi connectivity index (χ0v) is 13.6. The van der Waals surface area contributed by atoms with Gasteiger partial charge >= 0.3 is 0 Å². The highest BCUT2D eigenvalue weighted by atomic mass is 35.5. The Morgan fingerprint density at radius 2 is 1.92 bits per heavy atom. The molecule has 5 nitrogen and oxygen atoms in total. The molecule has 6 heteroatoms. The van der Waals surface area contributed by atoms with E-state index in [2.05, 4.69) is 10.1 Å². The fourth-order valence-corrected chi connectivity index (χ4v) is 3.10. The second-order valence-electron chi connectivity index (χ2n) is 5.80. The lowest BCUT2D eigenvalue weighted by Gasteiger charge is -2.39. The predicted molar refractivity (Wildman–Crippen MR) is 91.5 cm³/mol. The number of nitrogens with zero attached hydrogens (tertiary/aromatic N) is 4. The van der Waals surface area contributed by atoms with Gasteiger partial charge < -0.3 is 4.90 Å². The van der Waals surface area contributed by atoms with Crippen LogP contribution in [0, 0.1) is 0 Å². The zero-order valence-electron chi connectivity index (χ0n) is 12.8. The first-order chi connectivity index (χ1) is 11.7. The third kappa shape index (κ3) is 2.67. The second-order valence-corrected chi connectivity index (χ2v) is 6.21. The van der Waals surface area contributed by atoms with Gasteiger partial charge in [-0.05, 0) is 42.0 Å². The van der Waals surface area contributed by atoms with Crippen molar-refractivity contribution < 1.29 is 4.79 Å². The van der Waals surface area contributed by atoms with Crippen molar-refractivity contribution >= 4 is 17.5 Å². The third-order valence-corrected chi connectivity index (χ3v) is 4.63. The fraction of sp³-hybridized carbons (Fsp3) is 0.167. The van der Waals surface area contributed by atoms with Crippen LogP contribution in [0.5, 0.6) is 0 Å². The number of hydrogen-bond donors (Lipinski definition) is 0. The van der Waals surface area contributed by atoms with Crippen LogP contribution in [0.2, 0.25) is 5.02 Å². The minimum Gasteiger partial charge on any atom is -0.337 e. The highest BCUT2D eigenvalue weighted by Gasteiger charge is 2.33. The lowest BCUT2D eigenvalue weighted by Crippen LogP contribution is -2.48. The number of carbonyl (C=O) groups is 1. The first-order valence-corrected chi connectivity index (χ1v) is 8.09. The highest BCUT2D eigenvalue weighted by molar-refractivity contribution is 6.33. The number of likely N-dealkylation sites (tertiary alicyclic amines) is 1. The van der Waals surface area contributed by atoms with Crippen molar-refractivity contribution in [2.75, 3.05) is 13.1 Å². The highest BCUT2D eigenvalue weighted by Crippen LogP contribution is 2.30. The van der Waals surface area contributed by atoms with Crippen LogP contribution in [0.25, 0.3) is 5.69 Å². The van der Waals surface area contributed by atoms with Crippen LogP contribution in [-0.2, 0) is 0 Å². The van der Waals surface area contributed by atoms with E-state index in [-0.39, 0.29) is 5.91 Å². The summed E-state index contributed by atoms with van der Waals surface area (Å²) in [6.45, 7) is 1.40. The molecule has 24 heavy (non-hydrogen) atoms. The van der Waals surface area contributed by atoms with Crippen molar-refractivity contribution in [3.63, 3.8) is 0 Å². The Balaban J connectivity index is 1.52. The quantitative estimate of drug-likeness (QED) is 0.737. The van der Waals surface area contributed by atoms with Gasteiger partial charge in [0.2, 0.25) is 0 Å². The molecule has 3 aromatic rings.